The van der Waals surface area contributed by atoms with Crippen LogP contribution in [0.4, 0.5) is 13.2 Å². The smallest absolute Gasteiger partial charge is 0.329 e. The summed E-state index contributed by atoms with van der Waals surface area (Å²) in [4.78, 5) is 3.32. The van der Waals surface area contributed by atoms with Crippen LogP contribution in [-0.4, -0.2) is 10.1 Å². The highest BCUT2D eigenvalue weighted by Crippen LogP contribution is 2.32. The van der Waals surface area contributed by atoms with Crippen LogP contribution in [0.5, 0.6) is 0 Å². The summed E-state index contributed by atoms with van der Waals surface area (Å²) in [5, 5.41) is 3.32. The van der Waals surface area contributed by atoms with E-state index in [1.165, 1.54) is 0 Å². The summed E-state index contributed by atoms with van der Waals surface area (Å²) in [6, 6.07) is 0. The molecule has 0 aliphatic carbocycles. The number of rotatable bonds is 3. The van der Waals surface area contributed by atoms with Gasteiger partial charge in [0.2, 0.25) is 0 Å². The fraction of sp³-hybridized carbons (Fsp3) is 0.778. The summed E-state index contributed by atoms with van der Waals surface area (Å²) >= 11 is 0. The predicted molar refractivity (Wildman–Crippen MR) is 50.3 cm³/mol. The molecule has 7 heteroatoms. The van der Waals surface area contributed by atoms with Gasteiger partial charge in [0.05, 0.1) is 5.54 Å². The number of halogens is 3. The first-order valence-electron chi connectivity index (χ1n) is 4.92. The third-order valence-electron chi connectivity index (χ3n) is 2.70. The minimum Gasteiger partial charge on any atom is -0.329 e. The number of hydrogen-bond acceptors (Lipinski definition) is 4. The van der Waals surface area contributed by atoms with E-state index in [-0.39, 0.29) is 11.7 Å². The van der Waals surface area contributed by atoms with Crippen molar-refractivity contribution in [1.82, 2.24) is 10.1 Å². The van der Waals surface area contributed by atoms with Crippen LogP contribution in [-0.2, 0) is 11.7 Å². The zero-order valence-electron chi connectivity index (χ0n) is 9.30. The van der Waals surface area contributed by atoms with E-state index in [2.05, 4.69) is 14.7 Å². The molecule has 4 nitrogen and oxygen atoms in total. The molecular weight excluding hydrogens is 223 g/mol. The molecule has 0 aliphatic heterocycles. The van der Waals surface area contributed by atoms with Crippen LogP contribution in [0.1, 0.15) is 38.9 Å². The molecule has 92 valence electrons. The van der Waals surface area contributed by atoms with Gasteiger partial charge in [0.25, 0.3) is 0 Å². The Kier molecular flexibility index (Phi) is 3.27. The molecule has 0 saturated heterocycles. The standard InChI is InChI=1S/C9H14F3N3O/c1-4-8(13,5(2)3)6-14-7(16-15-6)9(10,11)12/h5H,4,13H2,1-3H3. The highest BCUT2D eigenvalue weighted by molar-refractivity contribution is 5.06. The molecule has 0 saturated carbocycles. The van der Waals surface area contributed by atoms with Crippen molar-refractivity contribution in [3.05, 3.63) is 11.7 Å². The van der Waals surface area contributed by atoms with Gasteiger partial charge in [-0.25, -0.2) is 0 Å². The highest BCUT2D eigenvalue weighted by atomic mass is 19.4. The monoisotopic (exact) mass is 237 g/mol. The Bertz CT molecular complexity index is 361. The topological polar surface area (TPSA) is 64.9 Å². The molecular formula is C9H14F3N3O. The van der Waals surface area contributed by atoms with Crippen molar-refractivity contribution in [2.75, 3.05) is 0 Å². The first-order valence-corrected chi connectivity index (χ1v) is 4.92. The van der Waals surface area contributed by atoms with Crippen molar-refractivity contribution in [3.63, 3.8) is 0 Å². The predicted octanol–water partition coefficient (Wildman–Crippen LogP) is 2.31. The molecule has 0 amide bonds. The van der Waals surface area contributed by atoms with Gasteiger partial charge in [0, 0.05) is 0 Å². The Hall–Kier alpha value is -1.11. The zero-order chi connectivity index (χ0) is 12.6. The Morgan fingerprint density at radius 3 is 2.25 bits per heavy atom. The second-order valence-electron chi connectivity index (χ2n) is 3.97. The fourth-order valence-corrected chi connectivity index (χ4v) is 1.35. The van der Waals surface area contributed by atoms with Crippen LogP contribution in [0, 0.1) is 5.92 Å². The van der Waals surface area contributed by atoms with Crippen LogP contribution in [0.3, 0.4) is 0 Å². The summed E-state index contributed by atoms with van der Waals surface area (Å²) in [6.07, 6.45) is -4.20. The molecule has 0 bridgehead atoms. The average Bonchev–Trinajstić information content (AvgIpc) is 2.64. The Morgan fingerprint density at radius 2 is 1.94 bits per heavy atom. The Balaban J connectivity index is 3.10. The van der Waals surface area contributed by atoms with Gasteiger partial charge in [-0.05, 0) is 12.3 Å². The number of alkyl halides is 3. The fourth-order valence-electron chi connectivity index (χ4n) is 1.35. The maximum absolute atomic E-state index is 12.3. The molecule has 1 heterocycles. The second-order valence-corrected chi connectivity index (χ2v) is 3.97. The molecule has 0 spiro atoms. The summed E-state index contributed by atoms with van der Waals surface area (Å²) < 4.78 is 40.9. The summed E-state index contributed by atoms with van der Waals surface area (Å²) in [5.41, 5.74) is 4.97. The van der Waals surface area contributed by atoms with E-state index in [1.54, 1.807) is 20.8 Å². The highest BCUT2D eigenvalue weighted by Gasteiger charge is 2.42. The van der Waals surface area contributed by atoms with Crippen LogP contribution in [0.25, 0.3) is 0 Å². The molecule has 1 atom stereocenters. The van der Waals surface area contributed by atoms with E-state index in [0.29, 0.717) is 6.42 Å². The number of nitrogens with two attached hydrogens (primary N) is 1. The molecule has 0 fully saturated rings. The first-order chi connectivity index (χ1) is 7.21. The van der Waals surface area contributed by atoms with Crippen LogP contribution < -0.4 is 5.73 Å². The zero-order valence-corrected chi connectivity index (χ0v) is 9.30. The van der Waals surface area contributed by atoms with Crippen molar-refractivity contribution >= 4 is 0 Å². The summed E-state index contributed by atoms with van der Waals surface area (Å²) in [7, 11) is 0. The van der Waals surface area contributed by atoms with Crippen LogP contribution in [0.15, 0.2) is 4.52 Å². The van der Waals surface area contributed by atoms with Crippen molar-refractivity contribution in [2.24, 2.45) is 11.7 Å². The van der Waals surface area contributed by atoms with Gasteiger partial charge >= 0.3 is 12.1 Å². The molecule has 1 aromatic heterocycles. The lowest BCUT2D eigenvalue weighted by Crippen LogP contribution is -2.42. The minimum atomic E-state index is -4.63. The third kappa shape index (κ3) is 2.18. The van der Waals surface area contributed by atoms with Gasteiger partial charge in [-0.2, -0.15) is 18.2 Å². The molecule has 1 rings (SSSR count). The van der Waals surface area contributed by atoms with Crippen molar-refractivity contribution in [3.8, 4) is 0 Å². The molecule has 16 heavy (non-hydrogen) atoms. The Morgan fingerprint density at radius 1 is 1.38 bits per heavy atom. The van der Waals surface area contributed by atoms with Crippen LogP contribution in [0.2, 0.25) is 0 Å². The summed E-state index contributed by atoms with van der Waals surface area (Å²) in [5.74, 6) is -1.54. The normalized spacial score (nSPS) is 16.5. The van der Waals surface area contributed by atoms with Gasteiger partial charge in [0.15, 0.2) is 5.82 Å². The van der Waals surface area contributed by atoms with Gasteiger partial charge in [-0.3, -0.25) is 0 Å². The van der Waals surface area contributed by atoms with E-state index in [0.717, 1.165) is 0 Å². The Labute approximate surface area is 91.0 Å². The quantitative estimate of drug-likeness (QED) is 0.876. The third-order valence-corrected chi connectivity index (χ3v) is 2.70. The lowest BCUT2D eigenvalue weighted by atomic mass is 9.84. The van der Waals surface area contributed by atoms with Gasteiger partial charge in [-0.1, -0.05) is 25.9 Å². The van der Waals surface area contributed by atoms with E-state index < -0.39 is 17.6 Å². The van der Waals surface area contributed by atoms with Gasteiger partial charge < -0.3 is 10.3 Å². The van der Waals surface area contributed by atoms with Crippen LogP contribution >= 0.6 is 0 Å². The largest absolute Gasteiger partial charge is 0.471 e. The number of hydrogen-bond donors (Lipinski definition) is 1. The van der Waals surface area contributed by atoms with Gasteiger partial charge in [0.1, 0.15) is 0 Å². The van der Waals surface area contributed by atoms with Crippen molar-refractivity contribution < 1.29 is 17.7 Å². The molecule has 0 radical (unpaired) electrons. The van der Waals surface area contributed by atoms with E-state index in [4.69, 9.17) is 5.73 Å². The van der Waals surface area contributed by atoms with E-state index >= 15 is 0 Å². The molecule has 0 aliphatic rings. The van der Waals surface area contributed by atoms with Crippen molar-refractivity contribution in [1.29, 1.82) is 0 Å². The molecule has 2 N–H and O–H groups in total. The second kappa shape index (κ2) is 4.04. The maximum Gasteiger partial charge on any atom is 0.471 e. The van der Waals surface area contributed by atoms with E-state index in [1.807, 2.05) is 0 Å². The summed E-state index contributed by atoms with van der Waals surface area (Å²) in [6.45, 7) is 5.36. The van der Waals surface area contributed by atoms with E-state index in [9.17, 15) is 13.2 Å². The molecule has 1 aromatic rings. The maximum atomic E-state index is 12.3. The SMILES string of the molecule is CCC(N)(c1noc(C(F)(F)F)n1)C(C)C. The molecule has 0 aromatic carbocycles. The molecule has 1 unspecified atom stereocenters. The first kappa shape index (κ1) is 13.0. The average molecular weight is 237 g/mol. The lowest BCUT2D eigenvalue weighted by molar-refractivity contribution is -0.159. The minimum absolute atomic E-state index is 0.0869. The van der Waals surface area contributed by atoms with Gasteiger partial charge in [-0.15, -0.1) is 0 Å². The lowest BCUT2D eigenvalue weighted by Gasteiger charge is -2.28. The number of aromatic nitrogens is 2. The van der Waals surface area contributed by atoms with Crippen molar-refractivity contribution in [2.45, 2.75) is 38.9 Å². The number of nitrogens with zero attached hydrogens (tertiary/aromatic N) is 2.